The number of hydrogen-bond acceptors (Lipinski definition) is 5. The van der Waals surface area contributed by atoms with Gasteiger partial charge >= 0.3 is 0 Å². The van der Waals surface area contributed by atoms with Crippen LogP contribution in [0, 0.1) is 6.92 Å². The van der Waals surface area contributed by atoms with Crippen LogP contribution in [0.2, 0.25) is 0 Å². The number of fused-ring (bicyclic) bond motifs is 1. The minimum absolute atomic E-state index is 0.101. The summed E-state index contributed by atoms with van der Waals surface area (Å²) >= 11 is 0. The predicted molar refractivity (Wildman–Crippen MR) is 119 cm³/mol. The van der Waals surface area contributed by atoms with Crippen LogP contribution in [-0.4, -0.2) is 43.2 Å². The van der Waals surface area contributed by atoms with E-state index in [0.717, 1.165) is 23.1 Å². The highest BCUT2D eigenvalue weighted by molar-refractivity contribution is 6.40. The Morgan fingerprint density at radius 2 is 1.81 bits per heavy atom. The minimum Gasteiger partial charge on any atom is -0.493 e. The maximum Gasteiger partial charge on any atom is 0.270 e. The molecule has 4 rings (SSSR count). The monoisotopic (exact) mass is 421 g/mol. The first-order chi connectivity index (χ1) is 14.9. The van der Waals surface area contributed by atoms with Gasteiger partial charge in [0.1, 0.15) is 5.71 Å². The molecule has 31 heavy (non-hydrogen) atoms. The number of nitrogens with zero attached hydrogens (tertiary/aromatic N) is 3. The maximum absolute atomic E-state index is 13.4. The molecule has 2 amide bonds. The highest BCUT2D eigenvalue weighted by atomic mass is 16.5. The van der Waals surface area contributed by atoms with Gasteiger partial charge in [0.2, 0.25) is 5.91 Å². The van der Waals surface area contributed by atoms with E-state index in [-0.39, 0.29) is 24.3 Å². The molecule has 0 saturated heterocycles. The molecule has 2 heterocycles. The average molecular weight is 421 g/mol. The van der Waals surface area contributed by atoms with E-state index in [1.807, 2.05) is 55.1 Å². The van der Waals surface area contributed by atoms with Crippen molar-refractivity contribution < 1.29 is 19.1 Å². The first-order valence-corrected chi connectivity index (χ1v) is 10.5. The van der Waals surface area contributed by atoms with Crippen LogP contribution in [-0.2, 0) is 16.0 Å². The average Bonchev–Trinajstić information content (AvgIpc) is 2.78. The van der Waals surface area contributed by atoms with Gasteiger partial charge in [0.25, 0.3) is 5.91 Å². The zero-order valence-electron chi connectivity index (χ0n) is 18.3. The zero-order chi connectivity index (χ0) is 22.1. The molecule has 2 aromatic carbocycles. The summed E-state index contributed by atoms with van der Waals surface area (Å²) in [6.45, 7) is 4.55. The Hall–Kier alpha value is -3.35. The molecule has 2 aliphatic heterocycles. The molecule has 7 nitrogen and oxygen atoms in total. The van der Waals surface area contributed by atoms with Crippen molar-refractivity contribution in [3.63, 3.8) is 0 Å². The number of anilines is 1. The number of aryl methyl sites for hydroxylation is 1. The molecule has 2 aromatic rings. The molecule has 0 aliphatic carbocycles. The molecule has 0 radical (unpaired) electrons. The van der Waals surface area contributed by atoms with E-state index in [9.17, 15) is 9.59 Å². The van der Waals surface area contributed by atoms with Crippen LogP contribution in [0.15, 0.2) is 41.5 Å². The first-order valence-electron chi connectivity index (χ1n) is 10.5. The van der Waals surface area contributed by atoms with Gasteiger partial charge in [0.15, 0.2) is 11.5 Å². The lowest BCUT2D eigenvalue weighted by atomic mass is 9.92. The molecule has 0 bridgehead atoms. The van der Waals surface area contributed by atoms with Crippen molar-refractivity contribution in [1.82, 2.24) is 4.90 Å². The summed E-state index contributed by atoms with van der Waals surface area (Å²) < 4.78 is 10.9. The van der Waals surface area contributed by atoms with Crippen molar-refractivity contribution in [2.75, 3.05) is 25.8 Å². The lowest BCUT2D eigenvalue weighted by Gasteiger charge is -2.36. The summed E-state index contributed by atoms with van der Waals surface area (Å²) in [6.07, 6.45) is 1.34. The smallest absolute Gasteiger partial charge is 0.270 e. The van der Waals surface area contributed by atoms with Gasteiger partial charge in [-0.3, -0.25) is 9.59 Å². The van der Waals surface area contributed by atoms with Crippen LogP contribution in [0.4, 0.5) is 5.69 Å². The SMILES string of the molecule is COc1cc2c(cc1OC)[C@H](C)N(C(=O)C1=NN(c3cccc(C)c3)C(=O)CC1)CC2. The van der Waals surface area contributed by atoms with Crippen molar-refractivity contribution >= 4 is 23.2 Å². The minimum atomic E-state index is -0.135. The van der Waals surface area contributed by atoms with E-state index in [4.69, 9.17) is 9.47 Å². The highest BCUT2D eigenvalue weighted by Gasteiger charge is 2.34. The molecule has 0 saturated carbocycles. The third kappa shape index (κ3) is 3.87. The van der Waals surface area contributed by atoms with Gasteiger partial charge in [-0.2, -0.15) is 5.10 Å². The lowest BCUT2D eigenvalue weighted by Crippen LogP contribution is -2.45. The number of hydrazone groups is 1. The Morgan fingerprint density at radius 1 is 1.06 bits per heavy atom. The van der Waals surface area contributed by atoms with E-state index in [0.29, 0.717) is 35.9 Å². The highest BCUT2D eigenvalue weighted by Crippen LogP contribution is 2.38. The third-order valence-electron chi connectivity index (χ3n) is 5.97. The maximum atomic E-state index is 13.4. The second kappa shape index (κ2) is 8.41. The second-order valence-electron chi connectivity index (χ2n) is 7.92. The van der Waals surface area contributed by atoms with E-state index in [2.05, 4.69) is 5.10 Å². The lowest BCUT2D eigenvalue weighted by molar-refractivity contribution is -0.126. The summed E-state index contributed by atoms with van der Waals surface area (Å²) in [4.78, 5) is 27.7. The van der Waals surface area contributed by atoms with E-state index >= 15 is 0 Å². The van der Waals surface area contributed by atoms with Crippen molar-refractivity contribution in [3.8, 4) is 11.5 Å². The molecule has 2 aliphatic rings. The van der Waals surface area contributed by atoms with Gasteiger partial charge in [0, 0.05) is 19.4 Å². The van der Waals surface area contributed by atoms with Crippen molar-refractivity contribution in [1.29, 1.82) is 0 Å². The molecule has 0 aromatic heterocycles. The number of amides is 2. The molecule has 0 N–H and O–H groups in total. The van der Waals surface area contributed by atoms with E-state index < -0.39 is 0 Å². The van der Waals surface area contributed by atoms with Crippen LogP contribution >= 0.6 is 0 Å². The van der Waals surface area contributed by atoms with Crippen molar-refractivity contribution in [2.45, 2.75) is 39.2 Å². The quantitative estimate of drug-likeness (QED) is 0.756. The summed E-state index contributed by atoms with van der Waals surface area (Å²) in [6, 6.07) is 11.4. The van der Waals surface area contributed by atoms with Gasteiger partial charge in [-0.25, -0.2) is 5.01 Å². The number of methoxy groups -OCH3 is 2. The van der Waals surface area contributed by atoms with Crippen LogP contribution in [0.3, 0.4) is 0 Å². The van der Waals surface area contributed by atoms with Crippen LogP contribution < -0.4 is 14.5 Å². The van der Waals surface area contributed by atoms with E-state index in [1.54, 1.807) is 14.2 Å². The Morgan fingerprint density at radius 3 is 2.52 bits per heavy atom. The molecule has 7 heteroatoms. The fourth-order valence-electron chi connectivity index (χ4n) is 4.26. The Bertz CT molecular complexity index is 1060. The van der Waals surface area contributed by atoms with Gasteiger partial charge < -0.3 is 14.4 Å². The normalized spacial score (nSPS) is 18.4. The molecule has 0 unspecified atom stereocenters. The third-order valence-corrected chi connectivity index (χ3v) is 5.97. The number of rotatable bonds is 4. The summed E-state index contributed by atoms with van der Waals surface area (Å²) in [5, 5.41) is 5.83. The fraction of sp³-hybridized carbons (Fsp3) is 0.375. The van der Waals surface area contributed by atoms with Gasteiger partial charge in [-0.15, -0.1) is 0 Å². The largest absolute Gasteiger partial charge is 0.493 e. The Balaban J connectivity index is 1.62. The molecular weight excluding hydrogens is 394 g/mol. The Labute approximate surface area is 182 Å². The van der Waals surface area contributed by atoms with Crippen molar-refractivity contribution in [3.05, 3.63) is 53.1 Å². The standard InChI is InChI=1S/C24H27N3O4/c1-15-6-5-7-18(12-15)27-23(28)9-8-20(25-27)24(29)26-11-10-17-13-21(30-3)22(31-4)14-19(17)16(26)2/h5-7,12-14,16H,8-11H2,1-4H3/t16-/m0/s1. The predicted octanol–water partition coefficient (Wildman–Crippen LogP) is 3.64. The summed E-state index contributed by atoms with van der Waals surface area (Å²) in [7, 11) is 3.23. The second-order valence-corrected chi connectivity index (χ2v) is 7.92. The Kier molecular flexibility index (Phi) is 5.67. The molecule has 162 valence electrons. The molecule has 0 spiro atoms. The zero-order valence-corrected chi connectivity index (χ0v) is 18.3. The number of carbonyl (C=O) groups excluding carboxylic acids is 2. The molecular formula is C24H27N3O4. The van der Waals surface area contributed by atoms with E-state index in [1.165, 1.54) is 5.01 Å². The van der Waals surface area contributed by atoms with Gasteiger partial charge in [0.05, 0.1) is 25.9 Å². The summed E-state index contributed by atoms with van der Waals surface area (Å²) in [5.74, 6) is 1.11. The molecule has 0 fully saturated rings. The molecule has 1 atom stereocenters. The topological polar surface area (TPSA) is 71.4 Å². The van der Waals surface area contributed by atoms with Crippen LogP contribution in [0.1, 0.15) is 42.5 Å². The van der Waals surface area contributed by atoms with Crippen LogP contribution in [0.25, 0.3) is 0 Å². The fourth-order valence-corrected chi connectivity index (χ4v) is 4.26. The number of benzene rings is 2. The van der Waals surface area contributed by atoms with Gasteiger partial charge in [-0.1, -0.05) is 12.1 Å². The number of carbonyl (C=O) groups is 2. The number of ether oxygens (including phenoxy) is 2. The van der Waals surface area contributed by atoms with Crippen molar-refractivity contribution in [2.24, 2.45) is 5.10 Å². The first kappa shape index (κ1) is 20.9. The van der Waals surface area contributed by atoms with Crippen LogP contribution in [0.5, 0.6) is 11.5 Å². The number of hydrogen-bond donors (Lipinski definition) is 0. The summed E-state index contributed by atoms with van der Waals surface area (Å²) in [5.41, 5.74) is 4.32. The van der Waals surface area contributed by atoms with Gasteiger partial charge in [-0.05, 0) is 61.2 Å².